The summed E-state index contributed by atoms with van der Waals surface area (Å²) in [7, 11) is 2.20. The third-order valence-corrected chi connectivity index (χ3v) is 3.94. The molecule has 1 aromatic rings. The van der Waals surface area contributed by atoms with Crippen molar-refractivity contribution in [3.8, 4) is 0 Å². The lowest BCUT2D eigenvalue weighted by Crippen LogP contribution is -2.30. The fourth-order valence-corrected chi connectivity index (χ4v) is 1.97. The van der Waals surface area contributed by atoms with Gasteiger partial charge in [-0.25, -0.2) is 0 Å². The lowest BCUT2D eigenvalue weighted by Gasteiger charge is -2.26. The molecule has 0 atom stereocenters. The predicted octanol–water partition coefficient (Wildman–Crippen LogP) is 3.10. The highest BCUT2D eigenvalue weighted by molar-refractivity contribution is 5.22. The van der Waals surface area contributed by atoms with Crippen molar-refractivity contribution in [2.75, 3.05) is 26.7 Å². The van der Waals surface area contributed by atoms with Gasteiger partial charge in [0.05, 0.1) is 0 Å². The Hall–Kier alpha value is -0.860. The highest BCUT2D eigenvalue weighted by Gasteiger charge is 2.15. The Morgan fingerprint density at radius 2 is 1.63 bits per heavy atom. The number of aryl methyl sites for hydroxylation is 1. The topological polar surface area (TPSA) is 29.3 Å². The first kappa shape index (κ1) is 16.2. The quantitative estimate of drug-likeness (QED) is 0.780. The van der Waals surface area contributed by atoms with Crippen molar-refractivity contribution < 1.29 is 0 Å². The molecule has 2 nitrogen and oxygen atoms in total. The Balaban J connectivity index is 2.31. The number of hydrogen-bond acceptors (Lipinski definition) is 2. The summed E-state index contributed by atoms with van der Waals surface area (Å²) in [6.07, 6.45) is 3.41. The number of nitrogens with two attached hydrogens (primary N) is 1. The molecule has 0 amide bonds. The van der Waals surface area contributed by atoms with Crippen LogP contribution in [-0.4, -0.2) is 31.6 Å². The monoisotopic (exact) mass is 262 g/mol. The van der Waals surface area contributed by atoms with E-state index < -0.39 is 0 Å². The molecule has 0 bridgehead atoms. The van der Waals surface area contributed by atoms with E-state index in [0.29, 0.717) is 0 Å². The second kappa shape index (κ2) is 7.66. The Kier molecular flexibility index (Phi) is 6.53. The van der Waals surface area contributed by atoms with E-state index in [2.05, 4.69) is 57.0 Å². The van der Waals surface area contributed by atoms with Crippen LogP contribution in [0.3, 0.4) is 0 Å². The molecule has 0 aromatic heterocycles. The van der Waals surface area contributed by atoms with Crippen LogP contribution in [-0.2, 0) is 12.8 Å². The van der Waals surface area contributed by atoms with Gasteiger partial charge < -0.3 is 10.6 Å². The van der Waals surface area contributed by atoms with Crippen molar-refractivity contribution in [3.05, 3.63) is 35.4 Å². The molecule has 0 saturated carbocycles. The van der Waals surface area contributed by atoms with Crippen molar-refractivity contribution in [3.63, 3.8) is 0 Å². The molecule has 1 rings (SSSR count). The number of hydrogen-bond donors (Lipinski definition) is 1. The minimum atomic E-state index is 0.261. The van der Waals surface area contributed by atoms with E-state index in [1.807, 2.05) is 0 Å². The molecule has 0 fully saturated rings. The fraction of sp³-hybridized carbons (Fsp3) is 0.647. The van der Waals surface area contributed by atoms with Crippen molar-refractivity contribution in [1.82, 2.24) is 4.90 Å². The van der Waals surface area contributed by atoms with Crippen molar-refractivity contribution in [1.29, 1.82) is 0 Å². The van der Waals surface area contributed by atoms with E-state index >= 15 is 0 Å². The van der Waals surface area contributed by atoms with Crippen LogP contribution in [0.5, 0.6) is 0 Å². The van der Waals surface area contributed by atoms with E-state index in [1.165, 1.54) is 11.1 Å². The highest BCUT2D eigenvalue weighted by atomic mass is 15.1. The third-order valence-electron chi connectivity index (χ3n) is 3.94. The van der Waals surface area contributed by atoms with Crippen LogP contribution in [0.25, 0.3) is 0 Å². The second-order valence-corrected chi connectivity index (χ2v) is 6.34. The molecule has 0 unspecified atom stereocenters. The molecule has 1 aromatic carbocycles. The molecule has 0 saturated heterocycles. The summed E-state index contributed by atoms with van der Waals surface area (Å²) < 4.78 is 0. The molecule has 0 aliphatic carbocycles. The van der Waals surface area contributed by atoms with Gasteiger partial charge in [0.2, 0.25) is 0 Å². The van der Waals surface area contributed by atoms with Gasteiger partial charge in [-0.2, -0.15) is 0 Å². The zero-order valence-electron chi connectivity index (χ0n) is 13.1. The lowest BCUT2D eigenvalue weighted by molar-refractivity contribution is 0.256. The molecule has 0 heterocycles. The molecular weight excluding hydrogens is 232 g/mol. The normalized spacial score (nSPS) is 12.1. The van der Waals surface area contributed by atoms with Crippen LogP contribution in [0.2, 0.25) is 0 Å². The van der Waals surface area contributed by atoms with Gasteiger partial charge in [-0.3, -0.25) is 0 Å². The largest absolute Gasteiger partial charge is 0.330 e. The maximum Gasteiger partial charge on any atom is 0.00188 e. The zero-order chi connectivity index (χ0) is 14.3. The van der Waals surface area contributed by atoms with Gasteiger partial charge in [0.1, 0.15) is 0 Å². The molecule has 2 N–H and O–H groups in total. The Morgan fingerprint density at radius 3 is 2.16 bits per heavy atom. The maximum absolute atomic E-state index is 5.77. The molecule has 0 radical (unpaired) electrons. The zero-order valence-corrected chi connectivity index (χ0v) is 13.1. The smallest absolute Gasteiger partial charge is 0.00188 e. The van der Waals surface area contributed by atoms with Gasteiger partial charge in [-0.05, 0) is 55.9 Å². The number of rotatable bonds is 8. The van der Waals surface area contributed by atoms with Gasteiger partial charge in [-0.1, -0.05) is 45.0 Å². The Morgan fingerprint density at radius 1 is 1.05 bits per heavy atom. The summed E-state index contributed by atoms with van der Waals surface area (Å²) >= 11 is 0. The number of likely N-dealkylation sites (N-methyl/N-ethyl adjacent to an activating group) is 1. The van der Waals surface area contributed by atoms with E-state index in [9.17, 15) is 0 Å². The molecular formula is C17H30N2. The first-order valence-electron chi connectivity index (χ1n) is 7.43. The van der Waals surface area contributed by atoms with Crippen molar-refractivity contribution >= 4 is 0 Å². The maximum atomic E-state index is 5.77. The SMILES string of the molecule is CCc1ccc(CCN(C)CCC(C)(C)CN)cc1. The predicted molar refractivity (Wildman–Crippen MR) is 84.5 cm³/mol. The third kappa shape index (κ3) is 6.22. The molecule has 0 aliphatic rings. The standard InChI is InChI=1S/C17H30N2/c1-5-15-6-8-16(9-7-15)10-12-19(4)13-11-17(2,3)14-18/h6-9H,5,10-14,18H2,1-4H3. The molecule has 0 aliphatic heterocycles. The van der Waals surface area contributed by atoms with Gasteiger partial charge in [-0.15, -0.1) is 0 Å². The Bertz CT molecular complexity index is 354. The lowest BCUT2D eigenvalue weighted by atomic mass is 9.89. The first-order valence-corrected chi connectivity index (χ1v) is 7.43. The summed E-state index contributed by atoms with van der Waals surface area (Å²) in [4.78, 5) is 2.41. The van der Waals surface area contributed by atoms with Crippen molar-refractivity contribution in [2.24, 2.45) is 11.1 Å². The van der Waals surface area contributed by atoms with Crippen LogP contribution in [0.1, 0.15) is 38.3 Å². The van der Waals surface area contributed by atoms with Gasteiger partial charge in [0.25, 0.3) is 0 Å². The van der Waals surface area contributed by atoms with Crippen LogP contribution in [0, 0.1) is 5.41 Å². The number of nitrogens with zero attached hydrogens (tertiary/aromatic N) is 1. The average Bonchev–Trinajstić information content (AvgIpc) is 2.43. The summed E-state index contributed by atoms with van der Waals surface area (Å²) in [6, 6.07) is 9.01. The van der Waals surface area contributed by atoms with E-state index in [-0.39, 0.29) is 5.41 Å². The number of benzene rings is 1. The Labute approximate surface area is 119 Å². The van der Waals surface area contributed by atoms with E-state index in [0.717, 1.165) is 38.9 Å². The summed E-state index contributed by atoms with van der Waals surface area (Å²) in [5, 5.41) is 0. The van der Waals surface area contributed by atoms with Crippen LogP contribution in [0.15, 0.2) is 24.3 Å². The first-order chi connectivity index (χ1) is 8.96. The summed E-state index contributed by atoms with van der Waals surface area (Å²) in [5.41, 5.74) is 8.88. The minimum Gasteiger partial charge on any atom is -0.330 e. The molecule has 2 heteroatoms. The molecule has 108 valence electrons. The van der Waals surface area contributed by atoms with Gasteiger partial charge in [0, 0.05) is 6.54 Å². The highest BCUT2D eigenvalue weighted by Crippen LogP contribution is 2.18. The average molecular weight is 262 g/mol. The fourth-order valence-electron chi connectivity index (χ4n) is 1.97. The van der Waals surface area contributed by atoms with Crippen LogP contribution < -0.4 is 5.73 Å². The summed E-state index contributed by atoms with van der Waals surface area (Å²) in [5.74, 6) is 0. The van der Waals surface area contributed by atoms with Crippen LogP contribution >= 0.6 is 0 Å². The van der Waals surface area contributed by atoms with E-state index in [4.69, 9.17) is 5.73 Å². The molecule has 0 spiro atoms. The molecule has 19 heavy (non-hydrogen) atoms. The minimum absolute atomic E-state index is 0.261. The second-order valence-electron chi connectivity index (χ2n) is 6.34. The van der Waals surface area contributed by atoms with Gasteiger partial charge in [0.15, 0.2) is 0 Å². The van der Waals surface area contributed by atoms with Crippen molar-refractivity contribution in [2.45, 2.75) is 40.0 Å². The van der Waals surface area contributed by atoms with Gasteiger partial charge >= 0.3 is 0 Å². The van der Waals surface area contributed by atoms with E-state index in [1.54, 1.807) is 0 Å². The summed E-state index contributed by atoms with van der Waals surface area (Å²) in [6.45, 7) is 9.68. The van der Waals surface area contributed by atoms with Crippen LogP contribution in [0.4, 0.5) is 0 Å².